The van der Waals surface area contributed by atoms with E-state index in [0.717, 1.165) is 25.7 Å². The maximum absolute atomic E-state index is 12.0. The molecule has 1 fully saturated rings. The molecule has 0 amide bonds. The summed E-state index contributed by atoms with van der Waals surface area (Å²) in [6.07, 6.45) is 4.21. The van der Waals surface area contributed by atoms with Gasteiger partial charge in [-0.05, 0) is 38.1 Å². The summed E-state index contributed by atoms with van der Waals surface area (Å²) in [5.74, 6) is 0.194. The third-order valence-corrected chi connectivity index (χ3v) is 5.77. The molecule has 4 nitrogen and oxygen atoms in total. The maximum Gasteiger partial charge on any atom is 0.215 e. The van der Waals surface area contributed by atoms with Gasteiger partial charge < -0.3 is 5.32 Å². The van der Waals surface area contributed by atoms with E-state index in [4.69, 9.17) is 0 Å². The molecule has 1 saturated carbocycles. The van der Waals surface area contributed by atoms with E-state index in [2.05, 4.69) is 19.2 Å². The molecular weight excluding hydrogens is 236 g/mol. The summed E-state index contributed by atoms with van der Waals surface area (Å²) in [6, 6.07) is 0.199. The Bertz CT molecular complexity index is 328. The van der Waals surface area contributed by atoms with Gasteiger partial charge in [0.15, 0.2) is 0 Å². The Labute approximate surface area is 106 Å². The fourth-order valence-corrected chi connectivity index (χ4v) is 3.76. The van der Waals surface area contributed by atoms with Crippen molar-refractivity contribution in [1.82, 2.24) is 9.62 Å². The highest BCUT2D eigenvalue weighted by molar-refractivity contribution is 7.89. The van der Waals surface area contributed by atoms with Crippen molar-refractivity contribution in [3.63, 3.8) is 0 Å². The molecule has 5 heteroatoms. The molecule has 0 radical (unpaired) electrons. The summed E-state index contributed by atoms with van der Waals surface area (Å²) >= 11 is 0. The molecule has 0 aliphatic heterocycles. The number of hydrogen-bond acceptors (Lipinski definition) is 3. The first kappa shape index (κ1) is 14.9. The van der Waals surface area contributed by atoms with Crippen molar-refractivity contribution in [1.29, 1.82) is 0 Å². The van der Waals surface area contributed by atoms with Crippen molar-refractivity contribution in [2.45, 2.75) is 45.6 Å². The van der Waals surface area contributed by atoms with Crippen molar-refractivity contribution in [3.05, 3.63) is 0 Å². The van der Waals surface area contributed by atoms with Crippen LogP contribution in [0, 0.1) is 5.41 Å². The molecule has 0 unspecified atom stereocenters. The molecule has 0 aromatic heterocycles. The zero-order valence-corrected chi connectivity index (χ0v) is 12.3. The van der Waals surface area contributed by atoms with Crippen LogP contribution in [0.1, 0.15) is 39.5 Å². The van der Waals surface area contributed by atoms with E-state index < -0.39 is 10.0 Å². The van der Waals surface area contributed by atoms with Gasteiger partial charge in [0.2, 0.25) is 10.0 Å². The van der Waals surface area contributed by atoms with Gasteiger partial charge in [-0.25, -0.2) is 12.7 Å². The van der Waals surface area contributed by atoms with Crippen LogP contribution in [0.4, 0.5) is 0 Å². The average Bonchev–Trinajstić information content (AvgIpc) is 2.25. The van der Waals surface area contributed by atoms with Gasteiger partial charge in [-0.1, -0.05) is 13.8 Å². The van der Waals surface area contributed by atoms with Crippen LogP contribution in [-0.2, 0) is 10.0 Å². The lowest BCUT2D eigenvalue weighted by Gasteiger charge is -2.38. The highest BCUT2D eigenvalue weighted by Crippen LogP contribution is 2.37. The van der Waals surface area contributed by atoms with Gasteiger partial charge >= 0.3 is 0 Å². The second-order valence-electron chi connectivity index (χ2n) is 5.83. The van der Waals surface area contributed by atoms with E-state index in [9.17, 15) is 8.42 Å². The highest BCUT2D eigenvalue weighted by atomic mass is 32.2. The Hall–Kier alpha value is -0.130. The first-order valence-corrected chi connectivity index (χ1v) is 8.00. The zero-order valence-electron chi connectivity index (χ0n) is 11.5. The van der Waals surface area contributed by atoms with Crippen LogP contribution in [0.15, 0.2) is 0 Å². The quantitative estimate of drug-likeness (QED) is 0.815. The van der Waals surface area contributed by atoms with Gasteiger partial charge in [0, 0.05) is 19.6 Å². The van der Waals surface area contributed by atoms with Gasteiger partial charge in [-0.2, -0.15) is 0 Å². The Morgan fingerprint density at radius 2 is 1.82 bits per heavy atom. The van der Waals surface area contributed by atoms with E-state index in [-0.39, 0.29) is 11.8 Å². The summed E-state index contributed by atoms with van der Waals surface area (Å²) in [5, 5.41) is 2.89. The second kappa shape index (κ2) is 5.67. The minimum Gasteiger partial charge on any atom is -0.319 e. The van der Waals surface area contributed by atoms with Gasteiger partial charge in [-0.3, -0.25) is 0 Å². The molecule has 0 saturated heterocycles. The predicted molar refractivity (Wildman–Crippen MR) is 71.5 cm³/mol. The lowest BCUT2D eigenvalue weighted by Crippen LogP contribution is -2.43. The number of nitrogens with one attached hydrogen (secondary N) is 1. The van der Waals surface area contributed by atoms with Crippen molar-refractivity contribution in [3.8, 4) is 0 Å². The van der Waals surface area contributed by atoms with E-state index in [1.54, 1.807) is 18.4 Å². The largest absolute Gasteiger partial charge is 0.319 e. The average molecular weight is 262 g/mol. The monoisotopic (exact) mass is 262 g/mol. The van der Waals surface area contributed by atoms with E-state index in [1.165, 1.54) is 0 Å². The summed E-state index contributed by atoms with van der Waals surface area (Å²) in [7, 11) is 0.418. The molecular formula is C12H26N2O2S. The molecule has 0 aromatic carbocycles. The lowest BCUT2D eigenvalue weighted by molar-refractivity contribution is 0.174. The van der Waals surface area contributed by atoms with Crippen LogP contribution in [0.3, 0.4) is 0 Å². The second-order valence-corrected chi connectivity index (χ2v) is 7.98. The van der Waals surface area contributed by atoms with Crippen LogP contribution in [0.2, 0.25) is 0 Å². The molecule has 1 N–H and O–H groups in total. The molecule has 102 valence electrons. The molecule has 1 rings (SSSR count). The maximum atomic E-state index is 12.0. The molecule has 0 atom stereocenters. The van der Waals surface area contributed by atoms with E-state index in [1.807, 2.05) is 0 Å². The smallest absolute Gasteiger partial charge is 0.215 e. The van der Waals surface area contributed by atoms with Crippen LogP contribution >= 0.6 is 0 Å². The van der Waals surface area contributed by atoms with Crippen molar-refractivity contribution >= 4 is 10.0 Å². The van der Waals surface area contributed by atoms with Crippen LogP contribution < -0.4 is 5.32 Å². The van der Waals surface area contributed by atoms with Crippen molar-refractivity contribution < 1.29 is 8.42 Å². The zero-order chi connectivity index (χ0) is 13.1. The topological polar surface area (TPSA) is 49.4 Å². The first-order chi connectivity index (χ1) is 7.78. The molecule has 0 heterocycles. The number of rotatable bonds is 5. The van der Waals surface area contributed by atoms with Gasteiger partial charge in [0.1, 0.15) is 0 Å². The fraction of sp³-hybridized carbons (Fsp3) is 1.00. The van der Waals surface area contributed by atoms with Gasteiger partial charge in [0.05, 0.1) is 5.75 Å². The van der Waals surface area contributed by atoms with E-state index in [0.29, 0.717) is 12.0 Å². The Balaban J connectivity index is 2.56. The summed E-state index contributed by atoms with van der Waals surface area (Å²) in [4.78, 5) is 0. The van der Waals surface area contributed by atoms with Crippen molar-refractivity contribution in [2.24, 2.45) is 5.41 Å². The Morgan fingerprint density at radius 3 is 2.29 bits per heavy atom. The first-order valence-electron chi connectivity index (χ1n) is 6.39. The molecule has 0 bridgehead atoms. The fourth-order valence-electron chi connectivity index (χ4n) is 2.35. The number of sulfonamides is 1. The Kier molecular flexibility index (Phi) is 4.98. The summed E-state index contributed by atoms with van der Waals surface area (Å²) in [6.45, 7) is 5.04. The summed E-state index contributed by atoms with van der Waals surface area (Å²) < 4.78 is 25.7. The predicted octanol–water partition coefficient (Wildman–Crippen LogP) is 1.44. The third kappa shape index (κ3) is 4.23. The van der Waals surface area contributed by atoms with Gasteiger partial charge in [0.25, 0.3) is 0 Å². The Morgan fingerprint density at radius 1 is 1.29 bits per heavy atom. The standard InChI is InChI=1S/C12H26N2O2S/c1-12(2)7-5-11(6-8-12)14(4)17(15,16)10-9-13-3/h11,13H,5-10H2,1-4H3. The minimum atomic E-state index is -3.09. The lowest BCUT2D eigenvalue weighted by atomic mass is 9.76. The molecule has 1 aliphatic carbocycles. The molecule has 1 aliphatic rings. The molecule has 0 aromatic rings. The van der Waals surface area contributed by atoms with Crippen LogP contribution in [0.25, 0.3) is 0 Å². The molecule has 17 heavy (non-hydrogen) atoms. The van der Waals surface area contributed by atoms with E-state index >= 15 is 0 Å². The minimum absolute atomic E-state index is 0.194. The van der Waals surface area contributed by atoms with Crippen LogP contribution in [-0.4, -0.2) is 45.2 Å². The number of hydrogen-bond donors (Lipinski definition) is 1. The van der Waals surface area contributed by atoms with Crippen molar-refractivity contribution in [2.75, 3.05) is 26.4 Å². The number of nitrogens with zero attached hydrogens (tertiary/aromatic N) is 1. The highest BCUT2D eigenvalue weighted by Gasteiger charge is 2.32. The van der Waals surface area contributed by atoms with Gasteiger partial charge in [-0.15, -0.1) is 0 Å². The van der Waals surface area contributed by atoms with Crippen LogP contribution in [0.5, 0.6) is 0 Å². The summed E-state index contributed by atoms with van der Waals surface area (Å²) in [5.41, 5.74) is 0.381. The molecule has 0 spiro atoms. The third-order valence-electron chi connectivity index (χ3n) is 3.87. The SMILES string of the molecule is CNCCS(=O)(=O)N(C)C1CCC(C)(C)CC1. The normalized spacial score (nSPS) is 21.9.